The highest BCUT2D eigenvalue weighted by Gasteiger charge is 2.55. The molecule has 8 heteroatoms. The first-order valence-electron chi connectivity index (χ1n) is 5.40. The topological polar surface area (TPSA) is 125 Å². The SMILES string of the molecule is C#C[C@@]1(O)[C@@H](CO)O[C@@H](n2ccc(=O)[nH]c2=O)[C@@H]1O. The Hall–Kier alpha value is -1.92. The molecule has 0 saturated carbocycles. The number of aromatic amines is 1. The first-order chi connectivity index (χ1) is 8.93. The molecule has 2 rings (SSSR count). The Bertz CT molecular complexity index is 629. The zero-order valence-corrected chi connectivity index (χ0v) is 9.68. The molecule has 0 spiro atoms. The van der Waals surface area contributed by atoms with E-state index in [2.05, 4.69) is 0 Å². The molecule has 1 aliphatic heterocycles. The first-order valence-corrected chi connectivity index (χ1v) is 5.40. The van der Waals surface area contributed by atoms with Gasteiger partial charge in [0.25, 0.3) is 5.56 Å². The number of aromatic nitrogens is 2. The predicted molar refractivity (Wildman–Crippen MR) is 62.1 cm³/mol. The van der Waals surface area contributed by atoms with Crippen molar-refractivity contribution in [3.63, 3.8) is 0 Å². The fourth-order valence-electron chi connectivity index (χ4n) is 1.96. The van der Waals surface area contributed by atoms with Crippen molar-refractivity contribution >= 4 is 0 Å². The van der Waals surface area contributed by atoms with Crippen molar-refractivity contribution in [2.45, 2.75) is 24.0 Å². The van der Waals surface area contributed by atoms with Gasteiger partial charge in [-0.15, -0.1) is 6.42 Å². The van der Waals surface area contributed by atoms with E-state index in [0.717, 1.165) is 16.8 Å². The van der Waals surface area contributed by atoms with E-state index in [-0.39, 0.29) is 0 Å². The predicted octanol–water partition coefficient (Wildman–Crippen LogP) is -2.85. The van der Waals surface area contributed by atoms with E-state index < -0.39 is 41.9 Å². The maximum absolute atomic E-state index is 11.6. The van der Waals surface area contributed by atoms with Gasteiger partial charge in [0.15, 0.2) is 11.8 Å². The molecule has 0 amide bonds. The van der Waals surface area contributed by atoms with Crippen LogP contribution in [0.25, 0.3) is 0 Å². The molecule has 1 aromatic rings. The van der Waals surface area contributed by atoms with Gasteiger partial charge in [-0.25, -0.2) is 4.79 Å². The van der Waals surface area contributed by atoms with Gasteiger partial charge >= 0.3 is 5.69 Å². The smallest absolute Gasteiger partial charge is 0.330 e. The van der Waals surface area contributed by atoms with Crippen molar-refractivity contribution in [3.05, 3.63) is 33.1 Å². The lowest BCUT2D eigenvalue weighted by molar-refractivity contribution is -0.0624. The van der Waals surface area contributed by atoms with Gasteiger partial charge in [-0.2, -0.15) is 0 Å². The van der Waals surface area contributed by atoms with Crippen molar-refractivity contribution in [3.8, 4) is 12.3 Å². The van der Waals surface area contributed by atoms with Crippen LogP contribution >= 0.6 is 0 Å². The molecule has 19 heavy (non-hydrogen) atoms. The summed E-state index contributed by atoms with van der Waals surface area (Å²) >= 11 is 0. The second kappa shape index (κ2) is 4.64. The van der Waals surface area contributed by atoms with Crippen LogP contribution in [0.4, 0.5) is 0 Å². The average molecular weight is 268 g/mol. The van der Waals surface area contributed by atoms with Crippen LogP contribution < -0.4 is 11.2 Å². The molecule has 1 aromatic heterocycles. The van der Waals surface area contributed by atoms with Gasteiger partial charge in [-0.3, -0.25) is 14.3 Å². The lowest BCUT2D eigenvalue weighted by Gasteiger charge is -2.23. The summed E-state index contributed by atoms with van der Waals surface area (Å²) in [5.41, 5.74) is -3.55. The molecule has 4 atom stereocenters. The number of terminal acetylenes is 1. The summed E-state index contributed by atoms with van der Waals surface area (Å²) in [4.78, 5) is 24.5. The third-order valence-corrected chi connectivity index (χ3v) is 3.04. The van der Waals surface area contributed by atoms with Crippen LogP contribution in [0.2, 0.25) is 0 Å². The Kier molecular flexibility index (Phi) is 3.30. The van der Waals surface area contributed by atoms with Crippen LogP contribution in [-0.2, 0) is 4.74 Å². The van der Waals surface area contributed by atoms with Crippen molar-refractivity contribution < 1.29 is 20.1 Å². The normalized spacial score (nSPS) is 34.1. The molecule has 8 nitrogen and oxygen atoms in total. The number of hydrogen-bond acceptors (Lipinski definition) is 6. The van der Waals surface area contributed by atoms with Crippen molar-refractivity contribution in [2.24, 2.45) is 0 Å². The number of nitrogens with one attached hydrogen (secondary N) is 1. The van der Waals surface area contributed by atoms with Crippen LogP contribution in [0.3, 0.4) is 0 Å². The Morgan fingerprint density at radius 2 is 2.26 bits per heavy atom. The molecule has 0 unspecified atom stereocenters. The minimum Gasteiger partial charge on any atom is -0.394 e. The lowest BCUT2D eigenvalue weighted by Crippen LogP contribution is -2.48. The average Bonchev–Trinajstić information content (AvgIpc) is 2.63. The molecular weight excluding hydrogens is 256 g/mol. The largest absolute Gasteiger partial charge is 0.394 e. The summed E-state index contributed by atoms with van der Waals surface area (Å²) in [6.07, 6.45) is 2.06. The van der Waals surface area contributed by atoms with Crippen LogP contribution in [0.15, 0.2) is 21.9 Å². The number of hydrogen-bond donors (Lipinski definition) is 4. The lowest BCUT2D eigenvalue weighted by atomic mass is 9.93. The molecule has 0 aliphatic carbocycles. The summed E-state index contributed by atoms with van der Waals surface area (Å²) in [5, 5.41) is 29.1. The van der Waals surface area contributed by atoms with E-state index in [1.165, 1.54) is 0 Å². The van der Waals surface area contributed by atoms with Gasteiger partial charge in [-0.05, 0) is 0 Å². The highest BCUT2D eigenvalue weighted by atomic mass is 16.6. The molecule has 1 aliphatic rings. The molecule has 2 heterocycles. The number of ether oxygens (including phenoxy) is 1. The number of aliphatic hydroxyl groups excluding tert-OH is 2. The van der Waals surface area contributed by atoms with E-state index in [4.69, 9.17) is 16.3 Å². The number of rotatable bonds is 2. The van der Waals surface area contributed by atoms with Crippen LogP contribution in [0.5, 0.6) is 0 Å². The van der Waals surface area contributed by atoms with Crippen LogP contribution in [0, 0.1) is 12.3 Å². The molecule has 4 N–H and O–H groups in total. The first kappa shape index (κ1) is 13.5. The standard InChI is InChI=1S/C11H12N2O6/c1-2-11(18)6(5-14)19-9(8(11)16)13-4-3-7(15)12-10(13)17/h1,3-4,6,8-9,14,16,18H,5H2,(H,12,15,17)/t6-,8+,9-,11-/m1/s1. The van der Waals surface area contributed by atoms with E-state index in [0.29, 0.717) is 0 Å². The van der Waals surface area contributed by atoms with Gasteiger partial charge in [0, 0.05) is 12.3 Å². The number of aliphatic hydroxyl groups is 3. The van der Waals surface area contributed by atoms with E-state index >= 15 is 0 Å². The summed E-state index contributed by atoms with van der Waals surface area (Å²) in [6, 6.07) is 1.05. The van der Waals surface area contributed by atoms with E-state index in [1.54, 1.807) is 0 Å². The van der Waals surface area contributed by atoms with Gasteiger partial charge in [-0.1, -0.05) is 5.92 Å². The highest BCUT2D eigenvalue weighted by molar-refractivity contribution is 5.19. The Balaban J connectivity index is 2.46. The van der Waals surface area contributed by atoms with Crippen molar-refractivity contribution in [2.75, 3.05) is 6.61 Å². The molecule has 0 aromatic carbocycles. The Morgan fingerprint density at radius 3 is 2.74 bits per heavy atom. The zero-order chi connectivity index (χ0) is 14.2. The minimum atomic E-state index is -2.12. The van der Waals surface area contributed by atoms with Crippen molar-refractivity contribution in [1.29, 1.82) is 0 Å². The highest BCUT2D eigenvalue weighted by Crippen LogP contribution is 2.35. The Labute approximate surface area is 106 Å². The second-order valence-corrected chi connectivity index (χ2v) is 4.13. The molecule has 1 fully saturated rings. The van der Waals surface area contributed by atoms with Gasteiger partial charge < -0.3 is 20.1 Å². The summed E-state index contributed by atoms with van der Waals surface area (Å²) in [6.45, 7) is -0.633. The summed E-state index contributed by atoms with van der Waals surface area (Å²) < 4.78 is 6.06. The van der Waals surface area contributed by atoms with E-state index in [1.807, 2.05) is 10.9 Å². The zero-order valence-electron chi connectivity index (χ0n) is 9.68. The maximum atomic E-state index is 11.6. The fourth-order valence-corrected chi connectivity index (χ4v) is 1.96. The summed E-state index contributed by atoms with van der Waals surface area (Å²) in [5.74, 6) is 1.95. The van der Waals surface area contributed by atoms with Crippen LogP contribution in [0.1, 0.15) is 6.23 Å². The molecule has 0 radical (unpaired) electrons. The third kappa shape index (κ3) is 1.98. The second-order valence-electron chi connectivity index (χ2n) is 4.13. The molecular formula is C11H12N2O6. The monoisotopic (exact) mass is 268 g/mol. The molecule has 102 valence electrons. The van der Waals surface area contributed by atoms with E-state index in [9.17, 15) is 19.8 Å². The van der Waals surface area contributed by atoms with Gasteiger partial charge in [0.2, 0.25) is 0 Å². The molecule has 1 saturated heterocycles. The number of nitrogens with zero attached hydrogens (tertiary/aromatic N) is 1. The maximum Gasteiger partial charge on any atom is 0.330 e. The molecule has 0 bridgehead atoms. The summed E-state index contributed by atoms with van der Waals surface area (Å²) in [7, 11) is 0. The Morgan fingerprint density at radius 1 is 1.58 bits per heavy atom. The quantitative estimate of drug-likeness (QED) is 0.428. The minimum absolute atomic E-state index is 0.611. The third-order valence-electron chi connectivity index (χ3n) is 3.04. The fraction of sp³-hybridized carbons (Fsp3) is 0.455. The number of H-pyrrole nitrogens is 1. The van der Waals surface area contributed by atoms with Gasteiger partial charge in [0.1, 0.15) is 12.2 Å². The van der Waals surface area contributed by atoms with Crippen LogP contribution in [-0.4, -0.2) is 49.3 Å². The van der Waals surface area contributed by atoms with Crippen molar-refractivity contribution in [1.82, 2.24) is 9.55 Å². The van der Waals surface area contributed by atoms with Gasteiger partial charge in [0.05, 0.1) is 6.61 Å².